The molecule has 0 N–H and O–H groups in total. The van der Waals surface area contributed by atoms with Crippen LogP contribution < -0.4 is 58.1 Å². The normalized spacial score (nSPS) is 11.2. The Hall–Kier alpha value is -11.5. The van der Waals surface area contributed by atoms with Crippen molar-refractivity contribution in [2.24, 2.45) is 0 Å². The summed E-state index contributed by atoms with van der Waals surface area (Å²) >= 11 is 0. The van der Waals surface area contributed by atoms with Crippen LogP contribution in [0.3, 0.4) is 0 Å². The van der Waals surface area contributed by atoms with Crippen LogP contribution in [0.5, 0.6) is 0 Å². The molecule has 14 aromatic carbocycles. The van der Waals surface area contributed by atoms with Gasteiger partial charge in [-0.2, -0.15) is 0 Å². The Kier molecular flexibility index (Phi) is 37.8. The van der Waals surface area contributed by atoms with E-state index in [1.165, 1.54) is 178 Å². The Morgan fingerprint density at radius 2 is 0.317 bits per heavy atom. The molecule has 9 heterocycles. The lowest BCUT2D eigenvalue weighted by atomic mass is 9.37. The summed E-state index contributed by atoms with van der Waals surface area (Å²) in [5.41, 5.74) is 40.4. The van der Waals surface area contributed by atoms with Crippen molar-refractivity contribution in [1.82, 2.24) is 4.48 Å². The Balaban J connectivity index is 0.000000221. The number of hydrogen-bond donors (Lipinski definition) is 0. The van der Waals surface area contributed by atoms with Gasteiger partial charge in [0.05, 0.1) is 0 Å². The first-order valence-electron chi connectivity index (χ1n) is 46.4. The zero-order valence-electron chi connectivity index (χ0n) is 78.1. The average molecular weight is 1580 g/mol. The molecule has 120 heavy (non-hydrogen) atoms. The van der Waals surface area contributed by atoms with E-state index in [0.29, 0.717) is 0 Å². The molecule has 0 saturated carbocycles. The van der Waals surface area contributed by atoms with Crippen molar-refractivity contribution >= 4 is 127 Å². The Bertz CT molecular complexity index is 5140. The van der Waals surface area contributed by atoms with E-state index in [9.17, 15) is 0 Å². The molecule has 23 rings (SSSR count). The van der Waals surface area contributed by atoms with Crippen molar-refractivity contribution < 1.29 is 0 Å². The smallest absolute Gasteiger partial charge is 0.329 e. The van der Waals surface area contributed by atoms with Crippen LogP contribution in [-0.4, -0.2) is 31.9 Å². The molecule has 0 atom stereocenters. The minimum atomic E-state index is 0.126. The van der Waals surface area contributed by atoms with Crippen LogP contribution in [0.15, 0.2) is 315 Å². The standard InChI is InChI=1S/C36H22B2N2.C24H14BN.C24H16BN.14C2H6/c1-5-15-27-23(11-1)25-13-3-7-19-31(25)39-33-21-10-22-34-36(33)35-29(37(27)39)17-9-18-30(35)38-28-16-6-2-12-24(28)26-14-4-8-20-32(26)40(34)38;1-3-13-21-15(7-1)17-9-5-11-19-20-12-6-10-18-16-8-2-4-14-22(16)25(21)26(23(17)19)24(18)20;1-5-13-21-17(9-1)19-11-3-7-15-23(19)26-24-16-8-4-12-20(24)18-10-2-6-14-22(18)25(21)26;14*1-2/h1-22H;1-14H;1-16H;14*1-2H3. The SMILES string of the molecule is CC.CC.CC.CC.CC.CC.CC.CC.CC.CC.CC.CC.CC.CC.c1ccc2c(c1)B1c3cccc4c3-c3c(cccc3N3B4c4ccccc4-c4ccccc43)N1c1ccccc1-2.c1ccc2c(c1)B1c3ccccc3-c3cccc4c5cccc-2c5n1c34.c1ccc2c(c1)B1c3ccccc3-c3ccccc3N1c1ccccc1-2. The zero-order valence-corrected chi connectivity index (χ0v) is 78.1. The number of para-hydroxylation sites is 6. The van der Waals surface area contributed by atoms with Gasteiger partial charge in [0.25, 0.3) is 0 Å². The van der Waals surface area contributed by atoms with E-state index in [2.05, 4.69) is 334 Å². The summed E-state index contributed by atoms with van der Waals surface area (Å²) in [4.78, 5) is 7.73. The van der Waals surface area contributed by atoms with Gasteiger partial charge in [-0.1, -0.05) is 473 Å². The summed E-state index contributed by atoms with van der Waals surface area (Å²) < 4.78 is 2.60. The van der Waals surface area contributed by atoms with E-state index >= 15 is 0 Å². The molecule has 0 radical (unpaired) electrons. The van der Waals surface area contributed by atoms with Gasteiger partial charge in [-0.3, -0.25) is 0 Å². The monoisotopic (exact) mass is 1580 g/mol. The van der Waals surface area contributed by atoms with E-state index in [-0.39, 0.29) is 27.4 Å². The maximum atomic E-state index is 2.60. The summed E-state index contributed by atoms with van der Waals surface area (Å²) in [7, 11) is 0. The fraction of sp³-hybridized carbons (Fsp3) is 0.250. The predicted octanol–water partition coefficient (Wildman–Crippen LogP) is 29.2. The number of anilines is 6. The van der Waals surface area contributed by atoms with Crippen molar-refractivity contribution in [1.29, 1.82) is 0 Å². The summed E-state index contributed by atoms with van der Waals surface area (Å²) in [5.74, 6) is 0. The molecular weight excluding hydrogens is 1440 g/mol. The van der Waals surface area contributed by atoms with E-state index in [1.54, 1.807) is 0 Å². The molecule has 0 saturated heterocycles. The second-order valence-corrected chi connectivity index (χ2v) is 25.6. The predicted molar refractivity (Wildman–Crippen MR) is 550 cm³/mol. The van der Waals surface area contributed by atoms with Crippen LogP contribution in [0.25, 0.3) is 99.7 Å². The fourth-order valence-electron chi connectivity index (χ4n) is 17.9. The van der Waals surface area contributed by atoms with E-state index in [0.717, 1.165) is 0 Å². The zero-order chi connectivity index (χ0) is 87.9. The van der Waals surface area contributed by atoms with Crippen LogP contribution in [-0.2, 0) is 0 Å². The van der Waals surface area contributed by atoms with Crippen LogP contribution in [0.2, 0.25) is 0 Å². The summed E-state index contributed by atoms with van der Waals surface area (Å²) in [5, 5.41) is 2.73. The second kappa shape index (κ2) is 47.4. The molecule has 8 aliphatic heterocycles. The quantitative estimate of drug-likeness (QED) is 0.141. The molecule has 15 aromatic rings. The van der Waals surface area contributed by atoms with Crippen molar-refractivity contribution in [2.45, 2.75) is 194 Å². The molecule has 8 heteroatoms. The fourth-order valence-corrected chi connectivity index (χ4v) is 17.9. The van der Waals surface area contributed by atoms with Gasteiger partial charge in [-0.05, 0) is 119 Å². The van der Waals surface area contributed by atoms with Crippen LogP contribution in [0.1, 0.15) is 194 Å². The van der Waals surface area contributed by atoms with Gasteiger partial charge in [0.1, 0.15) is 0 Å². The second-order valence-electron chi connectivity index (χ2n) is 25.6. The summed E-state index contributed by atoms with van der Waals surface area (Å²) in [6, 6.07) is 116. The van der Waals surface area contributed by atoms with Crippen LogP contribution in [0.4, 0.5) is 34.1 Å². The number of hydrogen-bond acceptors (Lipinski definition) is 3. The van der Waals surface area contributed by atoms with Gasteiger partial charge in [0.15, 0.2) is 0 Å². The highest BCUT2D eigenvalue weighted by atomic mass is 15.1. The molecule has 0 aliphatic carbocycles. The first-order chi connectivity index (χ1) is 59.8. The van der Waals surface area contributed by atoms with Crippen LogP contribution >= 0.6 is 0 Å². The molecule has 1 aromatic heterocycles. The van der Waals surface area contributed by atoms with E-state index in [4.69, 9.17) is 0 Å². The lowest BCUT2D eigenvalue weighted by Crippen LogP contribution is -2.65. The number of fused-ring (bicyclic) bond motifs is 34. The summed E-state index contributed by atoms with van der Waals surface area (Å²) in [6.07, 6.45) is 0. The highest BCUT2D eigenvalue weighted by molar-refractivity contribution is 6.97. The molecule has 4 nitrogen and oxygen atoms in total. The van der Waals surface area contributed by atoms with Gasteiger partial charge in [-0.25, -0.2) is 0 Å². The molecule has 8 aliphatic rings. The van der Waals surface area contributed by atoms with E-state index in [1.807, 2.05) is 194 Å². The summed E-state index contributed by atoms with van der Waals surface area (Å²) in [6.45, 7) is 56.7. The number of rotatable bonds is 0. The highest BCUT2D eigenvalue weighted by Gasteiger charge is 2.50. The highest BCUT2D eigenvalue weighted by Crippen LogP contribution is 2.54. The van der Waals surface area contributed by atoms with Crippen molar-refractivity contribution in [3.05, 3.63) is 315 Å². The average Bonchev–Trinajstić information content (AvgIpc) is 0.973. The molecule has 616 valence electrons. The first-order valence-corrected chi connectivity index (χ1v) is 46.4. The van der Waals surface area contributed by atoms with Crippen molar-refractivity contribution in [3.63, 3.8) is 0 Å². The topological polar surface area (TPSA) is 14.7 Å². The Labute approximate surface area is 728 Å². The van der Waals surface area contributed by atoms with Crippen molar-refractivity contribution in [3.8, 4) is 77.9 Å². The third kappa shape index (κ3) is 16.7. The number of nitrogens with zero attached hydrogens (tertiary/aromatic N) is 4. The van der Waals surface area contributed by atoms with Gasteiger partial charge in [0, 0.05) is 94.9 Å². The lowest BCUT2D eigenvalue weighted by molar-refractivity contribution is 1.30. The first kappa shape index (κ1) is 95.7. The maximum absolute atomic E-state index is 2.60. The van der Waals surface area contributed by atoms with Crippen molar-refractivity contribution in [2.75, 3.05) is 14.4 Å². The molecule has 0 bridgehead atoms. The largest absolute Gasteiger partial charge is 0.376 e. The van der Waals surface area contributed by atoms with E-state index < -0.39 is 0 Å². The van der Waals surface area contributed by atoms with Gasteiger partial charge in [0.2, 0.25) is 0 Å². The third-order valence-electron chi connectivity index (χ3n) is 21.3. The van der Waals surface area contributed by atoms with Crippen LogP contribution in [0, 0.1) is 0 Å². The molecule has 0 spiro atoms. The maximum Gasteiger partial charge on any atom is 0.329 e. The van der Waals surface area contributed by atoms with Gasteiger partial charge >= 0.3 is 27.4 Å². The number of aromatic nitrogens is 1. The molecule has 0 amide bonds. The molecule has 0 fully saturated rings. The Morgan fingerprint density at radius 3 is 0.592 bits per heavy atom. The van der Waals surface area contributed by atoms with Gasteiger partial charge in [-0.15, -0.1) is 0 Å². The number of benzene rings is 14. The lowest BCUT2D eigenvalue weighted by Gasteiger charge is -2.49. The minimum absolute atomic E-state index is 0.126. The third-order valence-corrected chi connectivity index (χ3v) is 21.3. The minimum Gasteiger partial charge on any atom is -0.376 e. The molecular formula is C112H136B4N4. The Morgan fingerprint density at radius 1 is 0.142 bits per heavy atom. The van der Waals surface area contributed by atoms with Gasteiger partial charge < -0.3 is 18.9 Å². The molecule has 0 unspecified atom stereocenters.